The molecule has 5 heterocycles. The monoisotopic (exact) mass is 417 g/mol. The third-order valence-corrected chi connectivity index (χ3v) is 5.70. The Balaban J connectivity index is 1.52. The number of nitrogens with zero attached hydrogens (tertiary/aromatic N) is 6. The van der Waals surface area contributed by atoms with Crippen molar-refractivity contribution in [3.63, 3.8) is 0 Å². The van der Waals surface area contributed by atoms with Crippen molar-refractivity contribution in [3.8, 4) is 17.1 Å². The molecule has 1 atom stereocenters. The maximum Gasteiger partial charge on any atom is 0.329 e. The van der Waals surface area contributed by atoms with Crippen LogP contribution in [0.25, 0.3) is 11.3 Å². The molecule has 0 radical (unpaired) electrons. The second-order valence-corrected chi connectivity index (χ2v) is 7.72. The molecule has 1 N–H and O–H groups in total. The summed E-state index contributed by atoms with van der Waals surface area (Å²) in [5.74, 6) is 1.43. The minimum atomic E-state index is -0.264. The first kappa shape index (κ1) is 19.2. The molecule has 2 bridgehead atoms. The lowest BCUT2D eigenvalue weighted by atomic mass is 9.99. The average Bonchev–Trinajstić information content (AvgIpc) is 2.79. The number of fused-ring (bicyclic) bond motifs is 4. The van der Waals surface area contributed by atoms with E-state index in [1.807, 2.05) is 37.4 Å². The first-order valence-corrected chi connectivity index (χ1v) is 10.3. The number of pyridine rings is 2. The van der Waals surface area contributed by atoms with Crippen LogP contribution in [0.2, 0.25) is 0 Å². The van der Waals surface area contributed by atoms with Gasteiger partial charge in [0.15, 0.2) is 5.82 Å². The van der Waals surface area contributed by atoms with Crippen molar-refractivity contribution in [1.82, 2.24) is 19.9 Å². The van der Waals surface area contributed by atoms with E-state index in [1.165, 1.54) is 13.4 Å². The van der Waals surface area contributed by atoms with Crippen LogP contribution in [0.3, 0.4) is 0 Å². The van der Waals surface area contributed by atoms with Crippen LogP contribution in [-0.4, -0.2) is 52.2 Å². The Labute approximate surface area is 180 Å². The van der Waals surface area contributed by atoms with Crippen LogP contribution in [0.1, 0.15) is 18.5 Å². The molecule has 2 aliphatic heterocycles. The number of piperidine rings is 1. The first-order valence-electron chi connectivity index (χ1n) is 10.3. The lowest BCUT2D eigenvalue weighted by Crippen LogP contribution is -2.56. The maximum atomic E-state index is 13.4. The van der Waals surface area contributed by atoms with Gasteiger partial charge in [0.1, 0.15) is 12.1 Å². The molecule has 31 heavy (non-hydrogen) atoms. The van der Waals surface area contributed by atoms with Crippen molar-refractivity contribution in [2.45, 2.75) is 25.8 Å². The summed E-state index contributed by atoms with van der Waals surface area (Å²) in [4.78, 5) is 34.9. The Morgan fingerprint density at radius 2 is 2.10 bits per heavy atom. The molecule has 5 rings (SSSR count). The van der Waals surface area contributed by atoms with Crippen LogP contribution >= 0.6 is 0 Å². The van der Waals surface area contributed by atoms with E-state index in [0.717, 1.165) is 48.6 Å². The summed E-state index contributed by atoms with van der Waals surface area (Å²) in [6.45, 7) is 3.71. The largest absolute Gasteiger partial charge is 0.481 e. The smallest absolute Gasteiger partial charge is 0.329 e. The number of hydrogen-bond donors (Lipinski definition) is 1. The molecule has 0 aliphatic carbocycles. The Bertz CT molecular complexity index is 1120. The van der Waals surface area contributed by atoms with Gasteiger partial charge in [0.25, 0.3) is 0 Å². The molecule has 158 valence electrons. The van der Waals surface area contributed by atoms with Gasteiger partial charge in [-0.25, -0.2) is 19.7 Å². The highest BCUT2D eigenvalue weighted by Gasteiger charge is 2.38. The minimum Gasteiger partial charge on any atom is -0.481 e. The Morgan fingerprint density at radius 1 is 1.19 bits per heavy atom. The number of carbonyl (C=O) groups excluding carboxylic acids is 1. The number of ether oxygens (including phenoxy) is 1. The quantitative estimate of drug-likeness (QED) is 0.699. The summed E-state index contributed by atoms with van der Waals surface area (Å²) in [6, 6.07) is 9.38. The predicted molar refractivity (Wildman–Crippen MR) is 118 cm³/mol. The van der Waals surface area contributed by atoms with Gasteiger partial charge in [-0.3, -0.25) is 15.2 Å². The number of amides is 2. The lowest BCUT2D eigenvalue weighted by molar-refractivity contribution is 0.252. The van der Waals surface area contributed by atoms with Gasteiger partial charge in [0, 0.05) is 36.6 Å². The zero-order valence-electron chi connectivity index (χ0n) is 17.4. The van der Waals surface area contributed by atoms with E-state index in [1.54, 1.807) is 11.0 Å². The molecule has 0 saturated carbocycles. The molecule has 1 saturated heterocycles. The van der Waals surface area contributed by atoms with Crippen LogP contribution in [0.5, 0.6) is 5.88 Å². The maximum absolute atomic E-state index is 13.4. The van der Waals surface area contributed by atoms with Crippen molar-refractivity contribution in [1.29, 1.82) is 0 Å². The highest BCUT2D eigenvalue weighted by Crippen LogP contribution is 2.39. The van der Waals surface area contributed by atoms with Crippen molar-refractivity contribution in [2.75, 3.05) is 35.3 Å². The van der Waals surface area contributed by atoms with Crippen LogP contribution in [0.4, 0.5) is 22.1 Å². The molecular formula is C22H23N7O2. The number of aromatic nitrogens is 4. The van der Waals surface area contributed by atoms with Gasteiger partial charge < -0.3 is 9.64 Å². The topological polar surface area (TPSA) is 96.4 Å². The highest BCUT2D eigenvalue weighted by atomic mass is 16.5. The van der Waals surface area contributed by atoms with E-state index in [4.69, 9.17) is 9.72 Å². The standard InChI is InChI=1S/C22H23N7O2/c1-14-5-6-15(11-23-14)17-7-8-18-21(26-17)29(16-4-3-9-28(18)12-16)22(30)27-19-10-20(31-2)25-13-24-19/h5-8,10-11,13,16H,3-4,9,12H2,1-2H3,(H,24,25,27,30)/t16-/m0/s1. The van der Waals surface area contributed by atoms with Gasteiger partial charge >= 0.3 is 6.03 Å². The number of hydrogen-bond acceptors (Lipinski definition) is 7. The highest BCUT2D eigenvalue weighted by molar-refractivity contribution is 6.04. The van der Waals surface area contributed by atoms with Crippen molar-refractivity contribution >= 4 is 23.4 Å². The Hall–Kier alpha value is -3.75. The van der Waals surface area contributed by atoms with Gasteiger partial charge in [-0.15, -0.1) is 0 Å². The SMILES string of the molecule is COc1cc(NC(=O)N2c3nc(-c4ccc(C)nc4)ccc3N3CCC[C@H]2C3)ncn1. The van der Waals surface area contributed by atoms with Gasteiger partial charge in [0.2, 0.25) is 5.88 Å². The number of urea groups is 1. The van der Waals surface area contributed by atoms with Crippen LogP contribution in [0, 0.1) is 6.92 Å². The summed E-state index contributed by atoms with van der Waals surface area (Å²) in [5, 5.41) is 2.88. The van der Waals surface area contributed by atoms with E-state index >= 15 is 0 Å². The lowest BCUT2D eigenvalue weighted by Gasteiger charge is -2.45. The molecule has 3 aromatic rings. The van der Waals surface area contributed by atoms with Gasteiger partial charge in [-0.2, -0.15) is 0 Å². The number of carbonyl (C=O) groups is 1. The van der Waals surface area contributed by atoms with E-state index in [9.17, 15) is 4.79 Å². The molecule has 9 nitrogen and oxygen atoms in total. The summed E-state index contributed by atoms with van der Waals surface area (Å²) in [6.07, 6.45) is 5.13. The summed E-state index contributed by atoms with van der Waals surface area (Å²) in [7, 11) is 1.52. The van der Waals surface area contributed by atoms with Crippen molar-refractivity contribution in [3.05, 3.63) is 48.5 Å². The Morgan fingerprint density at radius 3 is 2.90 bits per heavy atom. The van der Waals surface area contributed by atoms with Crippen LogP contribution < -0.4 is 19.9 Å². The first-order chi connectivity index (χ1) is 15.1. The molecule has 0 spiro atoms. The van der Waals surface area contributed by atoms with Crippen molar-refractivity contribution < 1.29 is 9.53 Å². The number of anilines is 3. The third kappa shape index (κ3) is 3.63. The normalized spacial score (nSPS) is 17.2. The third-order valence-electron chi connectivity index (χ3n) is 5.70. The Kier molecular flexibility index (Phi) is 4.85. The number of aryl methyl sites for hydroxylation is 1. The molecule has 2 amide bonds. The number of rotatable bonds is 3. The molecule has 9 heteroatoms. The summed E-state index contributed by atoms with van der Waals surface area (Å²) >= 11 is 0. The fourth-order valence-electron chi connectivity index (χ4n) is 4.15. The fraction of sp³-hybridized carbons (Fsp3) is 0.318. The van der Waals surface area contributed by atoms with E-state index in [0.29, 0.717) is 17.5 Å². The molecular weight excluding hydrogens is 394 g/mol. The van der Waals surface area contributed by atoms with Crippen LogP contribution in [-0.2, 0) is 0 Å². The van der Waals surface area contributed by atoms with Crippen LogP contribution in [0.15, 0.2) is 42.9 Å². The summed E-state index contributed by atoms with van der Waals surface area (Å²) < 4.78 is 5.14. The molecule has 0 unspecified atom stereocenters. The molecule has 2 aliphatic rings. The zero-order valence-corrected chi connectivity index (χ0v) is 17.4. The second-order valence-electron chi connectivity index (χ2n) is 7.72. The van der Waals surface area contributed by atoms with Crippen molar-refractivity contribution in [2.24, 2.45) is 0 Å². The zero-order chi connectivity index (χ0) is 21.4. The number of methoxy groups -OCH3 is 1. The fourth-order valence-corrected chi connectivity index (χ4v) is 4.15. The van der Waals surface area contributed by atoms with E-state index < -0.39 is 0 Å². The van der Waals surface area contributed by atoms with E-state index in [-0.39, 0.29) is 12.1 Å². The van der Waals surface area contributed by atoms with Gasteiger partial charge in [-0.05, 0) is 44.0 Å². The minimum absolute atomic E-state index is 0.0453. The summed E-state index contributed by atoms with van der Waals surface area (Å²) in [5.41, 5.74) is 3.62. The van der Waals surface area contributed by atoms with Gasteiger partial charge in [-0.1, -0.05) is 0 Å². The molecule has 0 aromatic carbocycles. The molecule has 3 aromatic heterocycles. The molecule has 1 fully saturated rings. The average molecular weight is 417 g/mol. The van der Waals surface area contributed by atoms with E-state index in [2.05, 4.69) is 25.2 Å². The predicted octanol–water partition coefficient (Wildman–Crippen LogP) is 3.27. The number of nitrogens with one attached hydrogen (secondary N) is 1. The van der Waals surface area contributed by atoms with Gasteiger partial charge in [0.05, 0.1) is 24.5 Å². The second kappa shape index (κ2) is 7.82.